The Hall–Kier alpha value is -3.33. The first-order valence-electron chi connectivity index (χ1n) is 11.7. The van der Waals surface area contributed by atoms with Gasteiger partial charge in [0.25, 0.3) is 0 Å². The summed E-state index contributed by atoms with van der Waals surface area (Å²) < 4.78 is 44.8. The lowest BCUT2D eigenvalue weighted by Gasteiger charge is -2.31. The number of hydrogen-bond acceptors (Lipinski definition) is 4. The van der Waals surface area contributed by atoms with E-state index in [2.05, 4.69) is 15.3 Å². The first-order valence-corrected chi connectivity index (χ1v) is 12.1. The number of ether oxygens (including phenoxy) is 1. The van der Waals surface area contributed by atoms with Crippen molar-refractivity contribution < 1.29 is 22.7 Å². The number of nitrogens with zero attached hydrogens (tertiary/aromatic N) is 3. The maximum atomic E-state index is 13.4. The van der Waals surface area contributed by atoms with Gasteiger partial charge in [-0.05, 0) is 48.2 Å². The van der Waals surface area contributed by atoms with Crippen LogP contribution in [0.15, 0.2) is 55.0 Å². The van der Waals surface area contributed by atoms with Gasteiger partial charge in [-0.1, -0.05) is 29.8 Å². The lowest BCUT2D eigenvalue weighted by molar-refractivity contribution is -0.137. The van der Waals surface area contributed by atoms with Crippen LogP contribution in [0.25, 0.3) is 0 Å². The summed E-state index contributed by atoms with van der Waals surface area (Å²) in [6, 6.07) is 10.0. The van der Waals surface area contributed by atoms with Crippen molar-refractivity contribution in [1.29, 1.82) is 0 Å². The smallest absolute Gasteiger partial charge is 0.416 e. The van der Waals surface area contributed by atoms with Crippen molar-refractivity contribution in [2.75, 3.05) is 13.2 Å². The SMILES string of the molecule is O=C(N[C@H]1CCOc2cc(C(F)(F)F)ccc21)N1CCC[C@@H]1c1ncncc1Cc1ccc(Cl)cc1. The number of carbonyl (C=O) groups is 1. The minimum Gasteiger partial charge on any atom is -0.493 e. The topological polar surface area (TPSA) is 67.3 Å². The highest BCUT2D eigenvalue weighted by atomic mass is 35.5. The fourth-order valence-electron chi connectivity index (χ4n) is 4.87. The largest absolute Gasteiger partial charge is 0.493 e. The molecule has 1 saturated heterocycles. The number of benzene rings is 2. The molecule has 2 aromatic carbocycles. The predicted molar refractivity (Wildman–Crippen MR) is 128 cm³/mol. The fraction of sp³-hybridized carbons (Fsp3) is 0.346. The third-order valence-electron chi connectivity index (χ3n) is 6.64. The van der Waals surface area contributed by atoms with Gasteiger partial charge in [0.05, 0.1) is 29.9 Å². The van der Waals surface area contributed by atoms with E-state index >= 15 is 0 Å². The molecule has 2 amide bonds. The molecule has 0 unspecified atom stereocenters. The van der Waals surface area contributed by atoms with Gasteiger partial charge in [0.2, 0.25) is 0 Å². The standard InChI is InChI=1S/C26H24ClF3N4O2/c27-19-6-3-16(4-7-19)12-17-14-31-15-32-24(17)22-2-1-10-34(22)25(35)33-21-9-11-36-23-13-18(26(28,29)30)5-8-20(21)23/h3-8,13-15,21-22H,1-2,9-12H2,(H,33,35)/t21-,22+/m0/s1. The molecule has 1 aromatic heterocycles. The summed E-state index contributed by atoms with van der Waals surface area (Å²) >= 11 is 6.01. The summed E-state index contributed by atoms with van der Waals surface area (Å²) in [5, 5.41) is 3.68. The molecule has 0 spiro atoms. The van der Waals surface area contributed by atoms with Crippen LogP contribution in [0.5, 0.6) is 5.75 Å². The van der Waals surface area contributed by atoms with E-state index in [1.54, 1.807) is 11.1 Å². The molecule has 0 radical (unpaired) electrons. The zero-order chi connectivity index (χ0) is 25.3. The first kappa shape index (κ1) is 24.4. The number of urea groups is 1. The molecule has 3 aromatic rings. The van der Waals surface area contributed by atoms with E-state index in [-0.39, 0.29) is 24.4 Å². The Kier molecular flexibility index (Phi) is 6.75. The van der Waals surface area contributed by atoms with Gasteiger partial charge in [0, 0.05) is 36.2 Å². The Morgan fingerprint density at radius 2 is 1.97 bits per heavy atom. The molecule has 2 atom stereocenters. The van der Waals surface area contributed by atoms with Crippen molar-refractivity contribution in [3.05, 3.63) is 88.0 Å². The van der Waals surface area contributed by atoms with Crippen molar-refractivity contribution in [1.82, 2.24) is 20.2 Å². The second-order valence-corrected chi connectivity index (χ2v) is 9.41. The van der Waals surface area contributed by atoms with Gasteiger partial charge in [0.15, 0.2) is 0 Å². The number of nitrogens with one attached hydrogen (secondary N) is 1. The van der Waals surface area contributed by atoms with Crippen LogP contribution >= 0.6 is 11.6 Å². The highest BCUT2D eigenvalue weighted by Gasteiger charge is 2.36. The average Bonchev–Trinajstić information content (AvgIpc) is 3.35. The van der Waals surface area contributed by atoms with Crippen molar-refractivity contribution in [3.8, 4) is 5.75 Å². The Labute approximate surface area is 211 Å². The Morgan fingerprint density at radius 1 is 1.17 bits per heavy atom. The van der Waals surface area contributed by atoms with Crippen LogP contribution in [0, 0.1) is 0 Å². The van der Waals surface area contributed by atoms with Crippen molar-refractivity contribution in [2.24, 2.45) is 0 Å². The number of fused-ring (bicyclic) bond motifs is 1. The van der Waals surface area contributed by atoms with Crippen molar-refractivity contribution in [3.63, 3.8) is 0 Å². The monoisotopic (exact) mass is 516 g/mol. The number of rotatable bonds is 4. The Morgan fingerprint density at radius 3 is 2.75 bits per heavy atom. The van der Waals surface area contributed by atoms with Crippen molar-refractivity contribution in [2.45, 2.75) is 43.9 Å². The minimum absolute atomic E-state index is 0.153. The van der Waals surface area contributed by atoms with E-state index < -0.39 is 17.8 Å². The second kappa shape index (κ2) is 9.97. The number of carbonyl (C=O) groups excluding carboxylic acids is 1. The highest BCUT2D eigenvalue weighted by Crippen LogP contribution is 2.39. The summed E-state index contributed by atoms with van der Waals surface area (Å²) in [7, 11) is 0. The van der Waals surface area contributed by atoms with Gasteiger partial charge in [-0.15, -0.1) is 0 Å². The first-order chi connectivity index (χ1) is 17.3. The number of aromatic nitrogens is 2. The van der Waals surface area contributed by atoms with E-state index in [1.165, 1.54) is 12.4 Å². The van der Waals surface area contributed by atoms with Crippen LogP contribution in [-0.4, -0.2) is 34.1 Å². The van der Waals surface area contributed by atoms with Gasteiger partial charge < -0.3 is 15.0 Å². The third-order valence-corrected chi connectivity index (χ3v) is 6.89. The molecule has 1 fully saturated rings. The van der Waals surface area contributed by atoms with E-state index in [4.69, 9.17) is 16.3 Å². The average molecular weight is 517 g/mol. The van der Waals surface area contributed by atoms with Gasteiger partial charge in [-0.25, -0.2) is 14.8 Å². The summed E-state index contributed by atoms with van der Waals surface area (Å²) in [6.45, 7) is 0.782. The molecule has 5 rings (SSSR count). The summed E-state index contributed by atoms with van der Waals surface area (Å²) in [4.78, 5) is 23.9. The maximum Gasteiger partial charge on any atom is 0.416 e. The molecule has 0 bridgehead atoms. The number of halogens is 4. The zero-order valence-electron chi connectivity index (χ0n) is 19.3. The van der Waals surface area contributed by atoms with E-state index in [1.807, 2.05) is 24.3 Å². The third kappa shape index (κ3) is 5.11. The summed E-state index contributed by atoms with van der Waals surface area (Å²) in [5.41, 5.74) is 2.56. The molecule has 36 heavy (non-hydrogen) atoms. The minimum atomic E-state index is -4.46. The van der Waals surface area contributed by atoms with Crippen LogP contribution < -0.4 is 10.1 Å². The van der Waals surface area contributed by atoms with Crippen LogP contribution in [0.3, 0.4) is 0 Å². The molecule has 3 heterocycles. The normalized spacial score (nSPS) is 19.5. The van der Waals surface area contributed by atoms with Crippen LogP contribution in [0.4, 0.5) is 18.0 Å². The lowest BCUT2D eigenvalue weighted by atomic mass is 9.98. The Bertz CT molecular complexity index is 1250. The van der Waals surface area contributed by atoms with Gasteiger partial charge in [0.1, 0.15) is 12.1 Å². The molecule has 0 saturated carbocycles. The number of hydrogen-bond donors (Lipinski definition) is 1. The molecule has 6 nitrogen and oxygen atoms in total. The molecule has 0 aliphatic carbocycles. The lowest BCUT2D eigenvalue weighted by Crippen LogP contribution is -2.42. The summed E-state index contributed by atoms with van der Waals surface area (Å²) in [5.74, 6) is 0.153. The van der Waals surface area contributed by atoms with Crippen LogP contribution in [0.1, 0.15) is 59.3 Å². The molecule has 2 aliphatic heterocycles. The van der Waals surface area contributed by atoms with E-state index in [9.17, 15) is 18.0 Å². The molecule has 1 N–H and O–H groups in total. The number of amides is 2. The number of alkyl halides is 3. The van der Waals surface area contributed by atoms with Crippen molar-refractivity contribution >= 4 is 17.6 Å². The highest BCUT2D eigenvalue weighted by molar-refractivity contribution is 6.30. The molecule has 10 heteroatoms. The van der Waals surface area contributed by atoms with E-state index in [0.29, 0.717) is 30.0 Å². The molecule has 2 aliphatic rings. The van der Waals surface area contributed by atoms with Gasteiger partial charge in [-0.3, -0.25) is 0 Å². The van der Waals surface area contributed by atoms with Gasteiger partial charge >= 0.3 is 12.2 Å². The Balaban J connectivity index is 1.34. The van der Waals surface area contributed by atoms with E-state index in [0.717, 1.165) is 41.8 Å². The second-order valence-electron chi connectivity index (χ2n) is 8.98. The molecule has 188 valence electrons. The zero-order valence-corrected chi connectivity index (χ0v) is 20.0. The van der Waals surface area contributed by atoms with Crippen LogP contribution in [0.2, 0.25) is 5.02 Å². The quantitative estimate of drug-likeness (QED) is 0.454. The fourth-order valence-corrected chi connectivity index (χ4v) is 4.99. The maximum absolute atomic E-state index is 13.4. The summed E-state index contributed by atoms with van der Waals surface area (Å²) in [6.07, 6.45) is 1.46. The molecular weight excluding hydrogens is 493 g/mol. The molecular formula is C26H24ClF3N4O2. The predicted octanol–water partition coefficient (Wildman–Crippen LogP) is 6.11. The number of likely N-dealkylation sites (tertiary alicyclic amines) is 1. The van der Waals surface area contributed by atoms with Crippen LogP contribution in [-0.2, 0) is 12.6 Å². The van der Waals surface area contributed by atoms with Gasteiger partial charge in [-0.2, -0.15) is 13.2 Å².